The van der Waals surface area contributed by atoms with E-state index in [1.54, 1.807) is 0 Å². The summed E-state index contributed by atoms with van der Waals surface area (Å²) in [4.78, 5) is 4.83. The molecule has 1 fully saturated rings. The van der Waals surface area contributed by atoms with Crippen LogP contribution in [0, 0.1) is 12.8 Å². The highest BCUT2D eigenvalue weighted by Crippen LogP contribution is 2.28. The summed E-state index contributed by atoms with van der Waals surface area (Å²) in [5.41, 5.74) is 3.58. The van der Waals surface area contributed by atoms with E-state index in [4.69, 9.17) is 21.3 Å². The molecular weight excluding hydrogens is 284 g/mol. The number of hydrogen-bond acceptors (Lipinski definition) is 2. The lowest BCUT2D eigenvalue weighted by Gasteiger charge is -2.19. The number of halogens is 1. The molecule has 0 aliphatic carbocycles. The third-order valence-corrected chi connectivity index (χ3v) is 4.73. The van der Waals surface area contributed by atoms with Crippen molar-refractivity contribution in [2.75, 3.05) is 12.5 Å². The summed E-state index contributed by atoms with van der Waals surface area (Å²) in [6.07, 6.45) is 3.43. The highest BCUT2D eigenvalue weighted by Gasteiger charge is 2.28. The van der Waals surface area contributed by atoms with Crippen LogP contribution in [0.2, 0.25) is 0 Å². The summed E-state index contributed by atoms with van der Waals surface area (Å²) in [5, 5.41) is 0. The van der Waals surface area contributed by atoms with Gasteiger partial charge in [0.15, 0.2) is 0 Å². The fraction of sp³-hybridized carbons (Fsp3) is 0.588. The molecule has 0 radical (unpaired) electrons. The molecule has 114 valence electrons. The van der Waals surface area contributed by atoms with Gasteiger partial charge < -0.3 is 9.30 Å². The number of ether oxygens (including phenoxy) is 1. The van der Waals surface area contributed by atoms with Crippen molar-refractivity contribution in [1.29, 1.82) is 0 Å². The lowest BCUT2D eigenvalue weighted by atomic mass is 9.99. The maximum atomic E-state index is 5.97. The van der Waals surface area contributed by atoms with Crippen molar-refractivity contribution in [3.63, 3.8) is 0 Å². The minimum absolute atomic E-state index is 0.385. The van der Waals surface area contributed by atoms with Crippen molar-refractivity contribution in [2.24, 2.45) is 5.92 Å². The average molecular weight is 307 g/mol. The predicted octanol–water partition coefficient (Wildman–Crippen LogP) is 3.94. The van der Waals surface area contributed by atoms with Gasteiger partial charge in [-0.3, -0.25) is 0 Å². The Morgan fingerprint density at radius 2 is 2.29 bits per heavy atom. The maximum Gasteiger partial charge on any atom is 0.111 e. The first-order valence-corrected chi connectivity index (χ1v) is 8.40. The van der Waals surface area contributed by atoms with E-state index in [0.29, 0.717) is 17.9 Å². The molecule has 1 aromatic heterocycles. The molecule has 2 aromatic rings. The SMILES string of the molecule is CCC1OCCC1Cn1c(CCCl)nc2c(C)cccc21. The maximum absolute atomic E-state index is 5.97. The molecule has 3 nitrogen and oxygen atoms in total. The molecular formula is C17H23ClN2O. The highest BCUT2D eigenvalue weighted by molar-refractivity contribution is 6.17. The van der Waals surface area contributed by atoms with Crippen molar-refractivity contribution in [2.45, 2.75) is 45.8 Å². The van der Waals surface area contributed by atoms with Crippen LogP contribution in [-0.4, -0.2) is 28.1 Å². The lowest BCUT2D eigenvalue weighted by molar-refractivity contribution is 0.0836. The van der Waals surface area contributed by atoms with Gasteiger partial charge in [-0.05, 0) is 31.4 Å². The standard InChI is InChI=1S/C17H23ClN2O/c1-3-15-13(8-10-21-15)11-20-14-6-4-5-12(2)17(14)19-16(20)7-9-18/h4-6,13,15H,3,7-11H2,1-2H3. The smallest absolute Gasteiger partial charge is 0.111 e. The molecule has 4 heteroatoms. The molecule has 2 unspecified atom stereocenters. The summed E-state index contributed by atoms with van der Waals surface area (Å²) in [5.74, 6) is 2.30. The molecule has 21 heavy (non-hydrogen) atoms. The molecule has 0 saturated carbocycles. The fourth-order valence-corrected chi connectivity index (χ4v) is 3.57. The molecule has 1 aliphatic rings. The number of alkyl halides is 1. The Balaban J connectivity index is 1.99. The molecule has 1 saturated heterocycles. The van der Waals surface area contributed by atoms with Gasteiger partial charge in [-0.1, -0.05) is 19.1 Å². The topological polar surface area (TPSA) is 27.1 Å². The Morgan fingerprint density at radius 3 is 3.05 bits per heavy atom. The molecule has 0 spiro atoms. The number of imidazole rings is 1. The van der Waals surface area contributed by atoms with E-state index in [1.165, 1.54) is 11.1 Å². The van der Waals surface area contributed by atoms with E-state index < -0.39 is 0 Å². The second-order valence-electron chi connectivity index (χ2n) is 5.89. The molecule has 3 rings (SSSR count). The van der Waals surface area contributed by atoms with Gasteiger partial charge in [0.25, 0.3) is 0 Å². The highest BCUT2D eigenvalue weighted by atomic mass is 35.5. The van der Waals surface area contributed by atoms with E-state index in [0.717, 1.165) is 43.8 Å². The Kier molecular flexibility index (Phi) is 4.51. The van der Waals surface area contributed by atoms with Crippen LogP contribution in [0.3, 0.4) is 0 Å². The zero-order chi connectivity index (χ0) is 14.8. The van der Waals surface area contributed by atoms with Crippen molar-refractivity contribution in [3.05, 3.63) is 29.6 Å². The van der Waals surface area contributed by atoms with Crippen molar-refractivity contribution >= 4 is 22.6 Å². The molecule has 2 atom stereocenters. The number of nitrogens with zero attached hydrogens (tertiary/aromatic N) is 2. The number of fused-ring (bicyclic) bond motifs is 1. The minimum atomic E-state index is 0.385. The molecule has 0 amide bonds. The first kappa shape index (κ1) is 14.9. The van der Waals surface area contributed by atoms with Crippen LogP contribution in [0.5, 0.6) is 0 Å². The van der Waals surface area contributed by atoms with Gasteiger partial charge in [0, 0.05) is 31.4 Å². The number of rotatable bonds is 5. The number of para-hydroxylation sites is 1. The van der Waals surface area contributed by atoms with Gasteiger partial charge in [-0.25, -0.2) is 4.98 Å². The van der Waals surface area contributed by atoms with Crippen LogP contribution in [0.15, 0.2) is 18.2 Å². The molecule has 2 heterocycles. The van der Waals surface area contributed by atoms with E-state index in [-0.39, 0.29) is 0 Å². The lowest BCUT2D eigenvalue weighted by Crippen LogP contribution is -2.21. The number of aryl methyl sites for hydroxylation is 2. The average Bonchev–Trinajstić information content (AvgIpc) is 3.06. The Morgan fingerprint density at radius 1 is 1.43 bits per heavy atom. The van der Waals surface area contributed by atoms with Crippen LogP contribution in [0.1, 0.15) is 31.2 Å². The van der Waals surface area contributed by atoms with Gasteiger partial charge in [-0.15, -0.1) is 11.6 Å². The summed E-state index contributed by atoms with van der Waals surface area (Å²) in [6, 6.07) is 6.41. The van der Waals surface area contributed by atoms with Gasteiger partial charge in [0.05, 0.1) is 17.1 Å². The Bertz CT molecular complexity index is 623. The first-order valence-electron chi connectivity index (χ1n) is 7.87. The van der Waals surface area contributed by atoms with Crippen molar-refractivity contribution in [3.8, 4) is 0 Å². The van der Waals surface area contributed by atoms with Crippen LogP contribution in [0.25, 0.3) is 11.0 Å². The van der Waals surface area contributed by atoms with E-state index in [1.807, 2.05) is 0 Å². The van der Waals surface area contributed by atoms with E-state index in [2.05, 4.69) is 36.6 Å². The predicted molar refractivity (Wildman–Crippen MR) is 87.0 cm³/mol. The molecule has 1 aromatic carbocycles. The third kappa shape index (κ3) is 2.82. The first-order chi connectivity index (χ1) is 10.2. The normalized spacial score (nSPS) is 22.2. The third-order valence-electron chi connectivity index (χ3n) is 4.54. The minimum Gasteiger partial charge on any atom is -0.378 e. The van der Waals surface area contributed by atoms with E-state index >= 15 is 0 Å². The summed E-state index contributed by atoms with van der Waals surface area (Å²) in [7, 11) is 0. The van der Waals surface area contributed by atoms with E-state index in [9.17, 15) is 0 Å². The monoisotopic (exact) mass is 306 g/mol. The molecule has 0 bridgehead atoms. The van der Waals surface area contributed by atoms with Gasteiger partial charge >= 0.3 is 0 Å². The Labute approximate surface area is 131 Å². The summed E-state index contributed by atoms with van der Waals surface area (Å²) < 4.78 is 8.21. The van der Waals surface area contributed by atoms with Crippen LogP contribution >= 0.6 is 11.6 Å². The second-order valence-corrected chi connectivity index (χ2v) is 6.26. The largest absolute Gasteiger partial charge is 0.378 e. The fourth-order valence-electron chi connectivity index (χ4n) is 3.40. The number of benzene rings is 1. The van der Waals surface area contributed by atoms with Crippen LogP contribution in [0.4, 0.5) is 0 Å². The van der Waals surface area contributed by atoms with Gasteiger partial charge in [-0.2, -0.15) is 0 Å². The van der Waals surface area contributed by atoms with Crippen LogP contribution < -0.4 is 0 Å². The van der Waals surface area contributed by atoms with Crippen LogP contribution in [-0.2, 0) is 17.7 Å². The number of hydrogen-bond donors (Lipinski definition) is 0. The van der Waals surface area contributed by atoms with Crippen molar-refractivity contribution in [1.82, 2.24) is 9.55 Å². The quantitative estimate of drug-likeness (QED) is 0.782. The van der Waals surface area contributed by atoms with Gasteiger partial charge in [0.2, 0.25) is 0 Å². The van der Waals surface area contributed by atoms with Crippen molar-refractivity contribution < 1.29 is 4.74 Å². The summed E-state index contributed by atoms with van der Waals surface area (Å²) >= 11 is 5.97. The summed E-state index contributed by atoms with van der Waals surface area (Å²) in [6.45, 7) is 6.21. The van der Waals surface area contributed by atoms with Gasteiger partial charge in [0.1, 0.15) is 5.82 Å². The second kappa shape index (κ2) is 6.37. The Hall–Kier alpha value is -1.06. The zero-order valence-electron chi connectivity index (χ0n) is 12.8. The number of aromatic nitrogens is 2. The molecule has 1 aliphatic heterocycles. The zero-order valence-corrected chi connectivity index (χ0v) is 13.6. The molecule has 0 N–H and O–H groups in total.